The van der Waals surface area contributed by atoms with Crippen molar-refractivity contribution in [3.8, 4) is 0 Å². The molecule has 0 aromatic carbocycles. The standard InChI is InChI=1S/C12H16N2O2/c15-10-7-2-1-6-9(10)12-13-11(14-16-12)8-4-3-5-8/h8-9H,1-7H2. The van der Waals surface area contributed by atoms with E-state index >= 15 is 0 Å². The molecule has 1 atom stereocenters. The predicted octanol–water partition coefficient (Wildman–Crippen LogP) is 2.56. The minimum atomic E-state index is -0.116. The van der Waals surface area contributed by atoms with Crippen molar-refractivity contribution in [2.75, 3.05) is 0 Å². The smallest absolute Gasteiger partial charge is 0.237 e. The Morgan fingerprint density at radius 2 is 2.00 bits per heavy atom. The van der Waals surface area contributed by atoms with Crippen LogP contribution in [0.1, 0.15) is 68.5 Å². The highest BCUT2D eigenvalue weighted by molar-refractivity contribution is 5.85. The quantitative estimate of drug-likeness (QED) is 0.768. The number of rotatable bonds is 2. The van der Waals surface area contributed by atoms with Crippen molar-refractivity contribution in [1.29, 1.82) is 0 Å². The summed E-state index contributed by atoms with van der Waals surface area (Å²) >= 11 is 0. The second kappa shape index (κ2) is 4.00. The molecule has 0 amide bonds. The average molecular weight is 220 g/mol. The van der Waals surface area contributed by atoms with Gasteiger partial charge in [0.25, 0.3) is 0 Å². The summed E-state index contributed by atoms with van der Waals surface area (Å²) in [5.74, 6) is 2.02. The molecule has 2 aliphatic rings. The molecule has 16 heavy (non-hydrogen) atoms. The summed E-state index contributed by atoms with van der Waals surface area (Å²) in [5, 5.41) is 4.01. The zero-order valence-electron chi connectivity index (χ0n) is 9.32. The molecule has 0 spiro atoms. The summed E-state index contributed by atoms with van der Waals surface area (Å²) in [7, 11) is 0. The SMILES string of the molecule is O=C1CCCCC1c1nc(C2CCC2)no1. The van der Waals surface area contributed by atoms with E-state index in [2.05, 4.69) is 10.1 Å². The maximum atomic E-state index is 11.7. The zero-order valence-corrected chi connectivity index (χ0v) is 9.32. The molecule has 2 fully saturated rings. The fraction of sp³-hybridized carbons (Fsp3) is 0.750. The molecule has 1 aromatic rings. The second-order valence-electron chi connectivity index (χ2n) is 4.88. The topological polar surface area (TPSA) is 56.0 Å². The van der Waals surface area contributed by atoms with Crippen molar-refractivity contribution in [3.63, 3.8) is 0 Å². The first-order valence-corrected chi connectivity index (χ1v) is 6.21. The lowest BCUT2D eigenvalue weighted by atomic mass is 9.85. The Labute approximate surface area is 94.4 Å². The molecule has 86 valence electrons. The molecule has 0 saturated heterocycles. The maximum Gasteiger partial charge on any atom is 0.237 e. The lowest BCUT2D eigenvalue weighted by molar-refractivity contribution is -0.122. The van der Waals surface area contributed by atoms with Gasteiger partial charge in [0, 0.05) is 12.3 Å². The van der Waals surface area contributed by atoms with E-state index in [1.165, 1.54) is 6.42 Å². The van der Waals surface area contributed by atoms with Gasteiger partial charge in [0.2, 0.25) is 5.89 Å². The van der Waals surface area contributed by atoms with Crippen LogP contribution in [0.4, 0.5) is 0 Å². The van der Waals surface area contributed by atoms with Gasteiger partial charge in [0.1, 0.15) is 5.78 Å². The van der Waals surface area contributed by atoms with Gasteiger partial charge in [-0.05, 0) is 25.7 Å². The van der Waals surface area contributed by atoms with E-state index in [1.807, 2.05) is 0 Å². The van der Waals surface area contributed by atoms with Crippen LogP contribution in [0.5, 0.6) is 0 Å². The van der Waals surface area contributed by atoms with E-state index < -0.39 is 0 Å². The second-order valence-corrected chi connectivity index (χ2v) is 4.88. The molecule has 1 unspecified atom stereocenters. The molecule has 3 rings (SSSR count). The van der Waals surface area contributed by atoms with Crippen molar-refractivity contribution in [3.05, 3.63) is 11.7 Å². The molecule has 1 aromatic heterocycles. The van der Waals surface area contributed by atoms with Gasteiger partial charge in [-0.3, -0.25) is 4.79 Å². The molecule has 4 nitrogen and oxygen atoms in total. The third kappa shape index (κ3) is 1.66. The molecule has 0 N–H and O–H groups in total. The van der Waals surface area contributed by atoms with E-state index in [4.69, 9.17) is 4.52 Å². The molecule has 2 saturated carbocycles. The van der Waals surface area contributed by atoms with Crippen molar-refractivity contribution >= 4 is 5.78 Å². The van der Waals surface area contributed by atoms with Crippen LogP contribution in [0.25, 0.3) is 0 Å². The summed E-state index contributed by atoms with van der Waals surface area (Å²) < 4.78 is 5.25. The third-order valence-electron chi connectivity index (χ3n) is 3.78. The Morgan fingerprint density at radius 1 is 1.12 bits per heavy atom. The number of carbonyl (C=O) groups is 1. The Balaban J connectivity index is 1.77. The van der Waals surface area contributed by atoms with Gasteiger partial charge in [-0.15, -0.1) is 0 Å². The molecule has 2 aliphatic carbocycles. The van der Waals surface area contributed by atoms with Crippen LogP contribution in [0.15, 0.2) is 4.52 Å². The highest BCUT2D eigenvalue weighted by atomic mass is 16.5. The first-order valence-electron chi connectivity index (χ1n) is 6.21. The first-order chi connectivity index (χ1) is 7.84. The van der Waals surface area contributed by atoms with Crippen LogP contribution in [0, 0.1) is 0 Å². The average Bonchev–Trinajstić information content (AvgIpc) is 2.65. The molecule has 0 radical (unpaired) electrons. The number of aromatic nitrogens is 2. The number of nitrogens with zero attached hydrogens (tertiary/aromatic N) is 2. The van der Waals surface area contributed by atoms with E-state index in [0.717, 1.165) is 37.9 Å². The lowest BCUT2D eigenvalue weighted by Gasteiger charge is -2.21. The largest absolute Gasteiger partial charge is 0.339 e. The van der Waals surface area contributed by atoms with Crippen molar-refractivity contribution in [2.45, 2.75) is 56.8 Å². The maximum absolute atomic E-state index is 11.7. The van der Waals surface area contributed by atoms with Crippen molar-refractivity contribution < 1.29 is 9.32 Å². The summed E-state index contributed by atoms with van der Waals surface area (Å²) in [6, 6.07) is 0. The minimum absolute atomic E-state index is 0.116. The van der Waals surface area contributed by atoms with Gasteiger partial charge in [-0.2, -0.15) is 4.98 Å². The van der Waals surface area contributed by atoms with Gasteiger partial charge < -0.3 is 4.52 Å². The van der Waals surface area contributed by atoms with E-state index in [1.54, 1.807) is 0 Å². The van der Waals surface area contributed by atoms with E-state index in [0.29, 0.717) is 18.2 Å². The lowest BCUT2D eigenvalue weighted by Crippen LogP contribution is -2.17. The van der Waals surface area contributed by atoms with Crippen LogP contribution >= 0.6 is 0 Å². The van der Waals surface area contributed by atoms with Gasteiger partial charge in [-0.1, -0.05) is 18.0 Å². The predicted molar refractivity (Wildman–Crippen MR) is 57.1 cm³/mol. The fourth-order valence-electron chi connectivity index (χ4n) is 2.47. The summed E-state index contributed by atoms with van der Waals surface area (Å²) in [5.41, 5.74) is 0. The number of ketones is 1. The summed E-state index contributed by atoms with van der Waals surface area (Å²) in [6.45, 7) is 0. The van der Waals surface area contributed by atoms with Gasteiger partial charge in [0.05, 0.1) is 5.92 Å². The normalized spacial score (nSPS) is 26.8. The number of Topliss-reactive ketones (excluding diaryl/α,β-unsaturated/α-hetero) is 1. The number of hydrogen-bond donors (Lipinski definition) is 0. The van der Waals surface area contributed by atoms with E-state index in [9.17, 15) is 4.79 Å². The Morgan fingerprint density at radius 3 is 2.69 bits per heavy atom. The van der Waals surface area contributed by atoms with Crippen LogP contribution in [-0.4, -0.2) is 15.9 Å². The molecule has 1 heterocycles. The van der Waals surface area contributed by atoms with Crippen molar-refractivity contribution in [2.24, 2.45) is 0 Å². The molecule has 0 bridgehead atoms. The van der Waals surface area contributed by atoms with Crippen LogP contribution < -0.4 is 0 Å². The monoisotopic (exact) mass is 220 g/mol. The first kappa shape index (κ1) is 10.00. The molecular weight excluding hydrogens is 204 g/mol. The van der Waals surface area contributed by atoms with Crippen LogP contribution in [0.3, 0.4) is 0 Å². The van der Waals surface area contributed by atoms with Gasteiger partial charge in [0.15, 0.2) is 5.82 Å². The zero-order chi connectivity index (χ0) is 11.0. The van der Waals surface area contributed by atoms with E-state index in [-0.39, 0.29) is 11.7 Å². The molecular formula is C12H16N2O2. The Kier molecular flexibility index (Phi) is 2.50. The van der Waals surface area contributed by atoms with Gasteiger partial charge >= 0.3 is 0 Å². The number of carbonyl (C=O) groups excluding carboxylic acids is 1. The molecule has 4 heteroatoms. The number of hydrogen-bond acceptors (Lipinski definition) is 4. The minimum Gasteiger partial charge on any atom is -0.339 e. The highest BCUT2D eigenvalue weighted by Crippen LogP contribution is 2.36. The Bertz CT molecular complexity index is 395. The van der Waals surface area contributed by atoms with Crippen LogP contribution in [-0.2, 0) is 4.79 Å². The molecule has 0 aliphatic heterocycles. The van der Waals surface area contributed by atoms with Gasteiger partial charge in [-0.25, -0.2) is 0 Å². The fourth-order valence-corrected chi connectivity index (χ4v) is 2.47. The van der Waals surface area contributed by atoms with Crippen LogP contribution in [0.2, 0.25) is 0 Å². The van der Waals surface area contributed by atoms with Crippen molar-refractivity contribution in [1.82, 2.24) is 10.1 Å². The summed E-state index contributed by atoms with van der Waals surface area (Å²) in [6.07, 6.45) is 7.25. The highest BCUT2D eigenvalue weighted by Gasteiger charge is 2.31. The summed E-state index contributed by atoms with van der Waals surface area (Å²) in [4.78, 5) is 16.1. The third-order valence-corrected chi connectivity index (χ3v) is 3.78. The Hall–Kier alpha value is -1.19.